The van der Waals surface area contributed by atoms with Gasteiger partial charge in [-0.15, -0.1) is 0 Å². The number of rotatable bonds is 7. The molecule has 0 aromatic heterocycles. The molecule has 1 amide bonds. The van der Waals surface area contributed by atoms with Crippen LogP contribution in [0, 0.1) is 5.82 Å². The molecule has 1 heterocycles. The summed E-state index contributed by atoms with van der Waals surface area (Å²) in [4.78, 5) is 14.2. The van der Waals surface area contributed by atoms with Gasteiger partial charge in [-0.05, 0) is 36.4 Å². The molecule has 26 heavy (non-hydrogen) atoms. The Hall–Kier alpha value is -2.60. The van der Waals surface area contributed by atoms with Gasteiger partial charge in [-0.1, -0.05) is 31.2 Å². The number of hydrogen-bond donors (Lipinski definition) is 1. The van der Waals surface area contributed by atoms with Crippen molar-refractivity contribution in [3.63, 3.8) is 0 Å². The molecule has 0 aliphatic carbocycles. The molecule has 1 N–H and O–H groups in total. The predicted molar refractivity (Wildman–Crippen MR) is 96.7 cm³/mol. The lowest BCUT2D eigenvalue weighted by atomic mass is 10.2. The van der Waals surface area contributed by atoms with Crippen molar-refractivity contribution in [3.05, 3.63) is 59.9 Å². The average Bonchev–Trinajstić information content (AvgIpc) is 2.65. The Bertz CT molecular complexity index is 753. The Labute approximate surface area is 152 Å². The second kappa shape index (κ2) is 8.67. The smallest absolute Gasteiger partial charge is 0.234 e. The Kier molecular flexibility index (Phi) is 6.07. The standard InChI is InChI=1S/C20H23FN2O3/c1-2-23(12-15-6-5-7-16(21)10-15)13-20(24)22-11-17-14-25-18-8-3-4-9-19(18)26-17/h3-10,17H,2,11-14H2,1H3,(H,22,24). The first-order valence-electron chi connectivity index (χ1n) is 8.76. The lowest BCUT2D eigenvalue weighted by Crippen LogP contribution is -2.44. The number of nitrogens with one attached hydrogen (secondary N) is 1. The summed E-state index contributed by atoms with van der Waals surface area (Å²) in [6.07, 6.45) is -0.216. The van der Waals surface area contributed by atoms with Gasteiger partial charge in [-0.25, -0.2) is 4.39 Å². The van der Waals surface area contributed by atoms with Crippen LogP contribution in [0.2, 0.25) is 0 Å². The van der Waals surface area contributed by atoms with E-state index in [4.69, 9.17) is 9.47 Å². The Morgan fingerprint density at radius 3 is 2.81 bits per heavy atom. The van der Waals surface area contributed by atoms with E-state index in [1.165, 1.54) is 12.1 Å². The Morgan fingerprint density at radius 1 is 1.23 bits per heavy atom. The third-order valence-corrected chi connectivity index (χ3v) is 4.20. The summed E-state index contributed by atoms with van der Waals surface area (Å²) in [7, 11) is 0. The van der Waals surface area contributed by atoms with Crippen molar-refractivity contribution in [1.82, 2.24) is 10.2 Å². The Morgan fingerprint density at radius 2 is 2.04 bits per heavy atom. The lowest BCUT2D eigenvalue weighted by molar-refractivity contribution is -0.122. The summed E-state index contributed by atoms with van der Waals surface area (Å²) < 4.78 is 24.8. The number of likely N-dealkylation sites (N-methyl/N-ethyl adjacent to an activating group) is 1. The highest BCUT2D eigenvalue weighted by atomic mass is 19.1. The van der Waals surface area contributed by atoms with Crippen LogP contribution in [0.1, 0.15) is 12.5 Å². The molecule has 0 saturated heterocycles. The summed E-state index contributed by atoms with van der Waals surface area (Å²) >= 11 is 0. The van der Waals surface area contributed by atoms with Crippen LogP contribution in [-0.4, -0.2) is 43.2 Å². The molecular weight excluding hydrogens is 335 g/mol. The van der Waals surface area contributed by atoms with Gasteiger partial charge >= 0.3 is 0 Å². The van der Waals surface area contributed by atoms with Gasteiger partial charge in [0.1, 0.15) is 18.5 Å². The maximum atomic E-state index is 13.3. The second-order valence-electron chi connectivity index (χ2n) is 6.23. The van der Waals surface area contributed by atoms with Crippen LogP contribution < -0.4 is 14.8 Å². The van der Waals surface area contributed by atoms with Crippen LogP contribution in [-0.2, 0) is 11.3 Å². The van der Waals surface area contributed by atoms with Gasteiger partial charge in [0.25, 0.3) is 0 Å². The summed E-state index contributed by atoms with van der Waals surface area (Å²) in [6.45, 7) is 4.22. The molecule has 1 aliphatic rings. The van der Waals surface area contributed by atoms with Crippen LogP contribution in [0.25, 0.3) is 0 Å². The molecule has 1 aliphatic heterocycles. The van der Waals surface area contributed by atoms with Crippen LogP contribution in [0.4, 0.5) is 4.39 Å². The molecule has 2 aromatic carbocycles. The van der Waals surface area contributed by atoms with Gasteiger partial charge in [0.05, 0.1) is 13.1 Å². The normalized spacial score (nSPS) is 15.7. The minimum Gasteiger partial charge on any atom is -0.486 e. The molecule has 2 aromatic rings. The van der Waals surface area contributed by atoms with Crippen molar-refractivity contribution < 1.29 is 18.7 Å². The van der Waals surface area contributed by atoms with Gasteiger partial charge in [-0.3, -0.25) is 9.69 Å². The first-order valence-corrected chi connectivity index (χ1v) is 8.76. The highest BCUT2D eigenvalue weighted by Gasteiger charge is 2.21. The van der Waals surface area contributed by atoms with Gasteiger partial charge < -0.3 is 14.8 Å². The van der Waals surface area contributed by atoms with E-state index in [0.717, 1.165) is 11.3 Å². The molecule has 0 radical (unpaired) electrons. The number of carbonyl (C=O) groups is 1. The highest BCUT2D eigenvalue weighted by molar-refractivity contribution is 5.78. The molecule has 6 heteroatoms. The van der Waals surface area contributed by atoms with E-state index in [0.29, 0.717) is 32.0 Å². The largest absolute Gasteiger partial charge is 0.486 e. The van der Waals surface area contributed by atoms with Crippen molar-refractivity contribution in [1.29, 1.82) is 0 Å². The van der Waals surface area contributed by atoms with Crippen molar-refractivity contribution in [2.75, 3.05) is 26.2 Å². The zero-order chi connectivity index (χ0) is 18.4. The van der Waals surface area contributed by atoms with Crippen LogP contribution in [0.15, 0.2) is 48.5 Å². The third kappa shape index (κ3) is 4.95. The molecule has 0 fully saturated rings. The number of nitrogens with zero attached hydrogens (tertiary/aromatic N) is 1. The first-order chi connectivity index (χ1) is 12.6. The van der Waals surface area contributed by atoms with Crippen molar-refractivity contribution >= 4 is 5.91 Å². The number of amides is 1. The molecular formula is C20H23FN2O3. The van der Waals surface area contributed by atoms with Gasteiger partial charge in [0.15, 0.2) is 11.5 Å². The second-order valence-corrected chi connectivity index (χ2v) is 6.23. The lowest BCUT2D eigenvalue weighted by Gasteiger charge is -2.27. The minimum absolute atomic E-state index is 0.0919. The minimum atomic E-state index is -0.266. The van der Waals surface area contributed by atoms with Crippen LogP contribution in [0.5, 0.6) is 11.5 Å². The Balaban J connectivity index is 1.46. The van der Waals surface area contributed by atoms with Gasteiger partial charge in [0, 0.05) is 6.54 Å². The molecule has 0 saturated carbocycles. The summed E-state index contributed by atoms with van der Waals surface area (Å²) in [5.74, 6) is 1.06. The fraction of sp³-hybridized carbons (Fsp3) is 0.350. The topological polar surface area (TPSA) is 50.8 Å². The maximum absolute atomic E-state index is 13.3. The number of para-hydroxylation sites is 2. The van der Waals surface area contributed by atoms with E-state index in [1.807, 2.05) is 42.2 Å². The van der Waals surface area contributed by atoms with Crippen molar-refractivity contribution in [2.24, 2.45) is 0 Å². The zero-order valence-electron chi connectivity index (χ0n) is 14.8. The van der Waals surface area contributed by atoms with E-state index in [2.05, 4.69) is 5.32 Å². The zero-order valence-corrected chi connectivity index (χ0v) is 14.8. The molecule has 0 spiro atoms. The fourth-order valence-electron chi connectivity index (χ4n) is 2.82. The summed E-state index contributed by atoms with van der Waals surface area (Å²) in [5, 5.41) is 2.89. The molecule has 1 unspecified atom stereocenters. The summed E-state index contributed by atoms with van der Waals surface area (Å²) in [6, 6.07) is 13.9. The van der Waals surface area contributed by atoms with Crippen LogP contribution in [0.3, 0.4) is 0 Å². The SMILES string of the molecule is CCN(CC(=O)NCC1COc2ccccc2O1)Cc1cccc(F)c1. The number of carbonyl (C=O) groups excluding carboxylic acids is 1. The van der Waals surface area contributed by atoms with E-state index in [-0.39, 0.29) is 24.4 Å². The van der Waals surface area contributed by atoms with Gasteiger partial charge in [0.2, 0.25) is 5.91 Å². The molecule has 3 rings (SSSR count). The summed E-state index contributed by atoms with van der Waals surface area (Å²) in [5.41, 5.74) is 0.847. The predicted octanol–water partition coefficient (Wildman–Crippen LogP) is 2.60. The molecule has 1 atom stereocenters. The van der Waals surface area contributed by atoms with Crippen molar-refractivity contribution in [3.8, 4) is 11.5 Å². The molecule has 0 bridgehead atoms. The number of benzene rings is 2. The number of hydrogen-bond acceptors (Lipinski definition) is 4. The number of ether oxygens (including phenoxy) is 2. The molecule has 5 nitrogen and oxygen atoms in total. The fourth-order valence-corrected chi connectivity index (χ4v) is 2.82. The third-order valence-electron chi connectivity index (χ3n) is 4.20. The van der Waals surface area contributed by atoms with E-state index >= 15 is 0 Å². The van der Waals surface area contributed by atoms with E-state index in [1.54, 1.807) is 6.07 Å². The maximum Gasteiger partial charge on any atom is 0.234 e. The average molecular weight is 358 g/mol. The van der Waals surface area contributed by atoms with E-state index < -0.39 is 0 Å². The van der Waals surface area contributed by atoms with Gasteiger partial charge in [-0.2, -0.15) is 0 Å². The first kappa shape index (κ1) is 18.2. The molecule has 138 valence electrons. The highest BCUT2D eigenvalue weighted by Crippen LogP contribution is 2.30. The monoisotopic (exact) mass is 358 g/mol. The van der Waals surface area contributed by atoms with E-state index in [9.17, 15) is 9.18 Å². The van der Waals surface area contributed by atoms with Crippen LogP contribution >= 0.6 is 0 Å². The quantitative estimate of drug-likeness (QED) is 0.827. The number of fused-ring (bicyclic) bond motifs is 1. The van der Waals surface area contributed by atoms with Crippen molar-refractivity contribution in [2.45, 2.75) is 19.6 Å². The number of halogens is 1.